The van der Waals surface area contributed by atoms with Crippen molar-refractivity contribution >= 4 is 21.6 Å². The summed E-state index contributed by atoms with van der Waals surface area (Å²) in [5.41, 5.74) is 4.30. The van der Waals surface area contributed by atoms with Crippen molar-refractivity contribution in [3.63, 3.8) is 0 Å². The molecule has 0 aromatic heterocycles. The van der Waals surface area contributed by atoms with Crippen LogP contribution in [0.2, 0.25) is 0 Å². The van der Waals surface area contributed by atoms with Crippen molar-refractivity contribution in [3.8, 4) is 11.5 Å². The van der Waals surface area contributed by atoms with Crippen molar-refractivity contribution in [1.82, 2.24) is 0 Å². The number of benzene rings is 2. The Kier molecular flexibility index (Phi) is 4.53. The van der Waals surface area contributed by atoms with Crippen molar-refractivity contribution in [3.05, 3.63) is 76.3 Å². The molecule has 4 rings (SSSR count). The Morgan fingerprint density at radius 1 is 1.27 bits per heavy atom. The van der Waals surface area contributed by atoms with Crippen LogP contribution in [0, 0.1) is 5.92 Å². The Hall–Kier alpha value is -2.20. The van der Waals surface area contributed by atoms with Crippen molar-refractivity contribution in [2.75, 3.05) is 11.9 Å². The number of hydrogen-bond acceptors (Lipinski definition) is 3. The van der Waals surface area contributed by atoms with E-state index in [1.54, 1.807) is 6.07 Å². The Morgan fingerprint density at radius 2 is 2.12 bits per heavy atom. The highest BCUT2D eigenvalue weighted by Crippen LogP contribution is 2.51. The van der Waals surface area contributed by atoms with E-state index in [1.165, 1.54) is 5.56 Å². The van der Waals surface area contributed by atoms with Crippen LogP contribution in [-0.2, 0) is 0 Å². The fourth-order valence-corrected chi connectivity index (χ4v) is 4.33. The maximum atomic E-state index is 10.4. The van der Waals surface area contributed by atoms with Crippen LogP contribution in [-0.4, -0.2) is 11.7 Å². The summed E-state index contributed by atoms with van der Waals surface area (Å²) in [7, 11) is 0. The molecule has 0 radical (unpaired) electrons. The summed E-state index contributed by atoms with van der Waals surface area (Å²) >= 11 is 3.53. The van der Waals surface area contributed by atoms with Gasteiger partial charge in [0.1, 0.15) is 18.1 Å². The molecule has 1 aliphatic heterocycles. The van der Waals surface area contributed by atoms with Gasteiger partial charge in [0.05, 0.1) is 6.04 Å². The molecule has 0 bridgehead atoms. The monoisotopic (exact) mass is 411 g/mol. The number of ether oxygens (including phenoxy) is 1. The number of allylic oxidation sites excluding steroid dienone is 2. The first-order valence-electron chi connectivity index (χ1n) is 8.85. The number of phenols is 1. The van der Waals surface area contributed by atoms with Gasteiger partial charge >= 0.3 is 0 Å². The second-order valence-electron chi connectivity index (χ2n) is 7.17. The molecule has 2 aromatic carbocycles. The summed E-state index contributed by atoms with van der Waals surface area (Å²) in [5, 5.41) is 14.1. The average Bonchev–Trinajstić information content (AvgIpc) is 3.11. The van der Waals surface area contributed by atoms with Gasteiger partial charge in [-0.05, 0) is 66.8 Å². The van der Waals surface area contributed by atoms with Gasteiger partial charge in [0.15, 0.2) is 0 Å². The summed E-state index contributed by atoms with van der Waals surface area (Å²) in [4.78, 5) is 0. The number of aromatic hydroxyl groups is 1. The van der Waals surface area contributed by atoms with E-state index in [9.17, 15) is 5.11 Å². The predicted molar refractivity (Wildman–Crippen MR) is 109 cm³/mol. The normalized spacial score (nSPS) is 23.1. The van der Waals surface area contributed by atoms with Crippen LogP contribution in [0.4, 0.5) is 5.69 Å². The van der Waals surface area contributed by atoms with E-state index in [2.05, 4.69) is 52.1 Å². The van der Waals surface area contributed by atoms with E-state index in [0.29, 0.717) is 24.2 Å². The van der Waals surface area contributed by atoms with Crippen molar-refractivity contribution in [2.24, 2.45) is 5.92 Å². The van der Waals surface area contributed by atoms with Gasteiger partial charge < -0.3 is 15.2 Å². The molecule has 2 aliphatic rings. The molecule has 3 unspecified atom stereocenters. The van der Waals surface area contributed by atoms with Crippen LogP contribution in [0.15, 0.2) is 65.2 Å². The van der Waals surface area contributed by atoms with Crippen LogP contribution in [0.3, 0.4) is 0 Å². The zero-order chi connectivity index (χ0) is 18.3. The predicted octanol–water partition coefficient (Wildman–Crippen LogP) is 5.94. The third-order valence-electron chi connectivity index (χ3n) is 5.14. The highest BCUT2D eigenvalue weighted by atomic mass is 79.9. The van der Waals surface area contributed by atoms with Crippen LogP contribution in [0.5, 0.6) is 11.5 Å². The topological polar surface area (TPSA) is 41.5 Å². The van der Waals surface area contributed by atoms with Gasteiger partial charge in [0.2, 0.25) is 0 Å². The van der Waals surface area contributed by atoms with E-state index < -0.39 is 0 Å². The lowest BCUT2D eigenvalue weighted by molar-refractivity contribution is 0.350. The zero-order valence-corrected chi connectivity index (χ0v) is 16.3. The number of halogens is 1. The van der Waals surface area contributed by atoms with Gasteiger partial charge in [-0.25, -0.2) is 0 Å². The molecule has 3 nitrogen and oxygen atoms in total. The third-order valence-corrected chi connectivity index (χ3v) is 5.64. The van der Waals surface area contributed by atoms with E-state index >= 15 is 0 Å². The molecule has 26 heavy (non-hydrogen) atoms. The molecule has 3 atom stereocenters. The summed E-state index contributed by atoms with van der Waals surface area (Å²) < 4.78 is 6.81. The van der Waals surface area contributed by atoms with Gasteiger partial charge in [0.25, 0.3) is 0 Å². The van der Waals surface area contributed by atoms with Crippen molar-refractivity contribution in [2.45, 2.75) is 25.3 Å². The minimum Gasteiger partial charge on any atom is -0.508 e. The van der Waals surface area contributed by atoms with Crippen LogP contribution >= 0.6 is 15.9 Å². The molecule has 134 valence electrons. The summed E-state index contributed by atoms with van der Waals surface area (Å²) in [6.45, 7) is 6.39. The first-order chi connectivity index (χ1) is 12.5. The Balaban J connectivity index is 1.70. The molecule has 0 fully saturated rings. The summed E-state index contributed by atoms with van der Waals surface area (Å²) in [6, 6.07) is 11.9. The molecular formula is C22H22BrNO2. The molecule has 0 saturated heterocycles. The molecular weight excluding hydrogens is 390 g/mol. The SMILES string of the molecule is C=C(C)COc1ccc2c(c1)C1C=CCC1C(c1cc(Br)ccc1O)N2. The van der Waals surface area contributed by atoms with Crippen molar-refractivity contribution in [1.29, 1.82) is 0 Å². The fraction of sp³-hybridized carbons (Fsp3) is 0.273. The molecule has 1 heterocycles. The van der Waals surface area contributed by atoms with Gasteiger partial charge in [-0.1, -0.05) is 34.7 Å². The number of rotatable bonds is 4. The van der Waals surface area contributed by atoms with Crippen LogP contribution < -0.4 is 10.1 Å². The summed E-state index contributed by atoms with van der Waals surface area (Å²) in [5.74, 6) is 1.90. The number of anilines is 1. The number of phenolic OH excluding ortho intramolecular Hbond substituents is 1. The second kappa shape index (κ2) is 6.84. The molecule has 0 spiro atoms. The minimum atomic E-state index is 0.0715. The van der Waals surface area contributed by atoms with Gasteiger partial charge in [-0.15, -0.1) is 0 Å². The average molecular weight is 412 g/mol. The maximum Gasteiger partial charge on any atom is 0.120 e. The first-order valence-corrected chi connectivity index (χ1v) is 9.65. The second-order valence-corrected chi connectivity index (χ2v) is 8.09. The van der Waals surface area contributed by atoms with Crippen LogP contribution in [0.1, 0.15) is 36.4 Å². The number of hydrogen-bond donors (Lipinski definition) is 2. The quantitative estimate of drug-likeness (QED) is 0.611. The lowest BCUT2D eigenvalue weighted by Crippen LogP contribution is -2.29. The molecule has 0 amide bonds. The van der Waals surface area contributed by atoms with Gasteiger partial charge in [-0.3, -0.25) is 0 Å². The first kappa shape index (κ1) is 17.2. The summed E-state index contributed by atoms with van der Waals surface area (Å²) in [6.07, 6.45) is 5.52. The van der Waals surface area contributed by atoms with E-state index in [1.807, 2.05) is 25.1 Å². The lowest BCUT2D eigenvalue weighted by atomic mass is 9.77. The highest BCUT2D eigenvalue weighted by Gasteiger charge is 2.39. The Bertz CT molecular complexity index is 890. The standard InChI is InChI=1S/C22H22BrNO2/c1-13(2)12-26-15-7-8-20-18(11-15)16-4-3-5-17(16)22(24-20)19-10-14(23)6-9-21(19)25/h3-4,6-11,16-17,22,24-25H,1,5,12H2,2H3. The van der Waals surface area contributed by atoms with Gasteiger partial charge in [-0.2, -0.15) is 0 Å². The molecule has 4 heteroatoms. The Labute approximate surface area is 162 Å². The third kappa shape index (κ3) is 3.14. The zero-order valence-electron chi connectivity index (χ0n) is 14.7. The largest absolute Gasteiger partial charge is 0.508 e. The van der Waals surface area contributed by atoms with E-state index in [-0.39, 0.29) is 6.04 Å². The lowest BCUT2D eigenvalue weighted by Gasteiger charge is -2.38. The minimum absolute atomic E-state index is 0.0715. The molecule has 0 saturated carbocycles. The molecule has 2 N–H and O–H groups in total. The number of nitrogens with one attached hydrogen (secondary N) is 1. The number of fused-ring (bicyclic) bond motifs is 3. The van der Waals surface area contributed by atoms with Gasteiger partial charge in [0, 0.05) is 21.6 Å². The smallest absolute Gasteiger partial charge is 0.120 e. The van der Waals surface area contributed by atoms with E-state index in [4.69, 9.17) is 4.74 Å². The highest BCUT2D eigenvalue weighted by molar-refractivity contribution is 9.10. The van der Waals surface area contributed by atoms with E-state index in [0.717, 1.165) is 33.5 Å². The maximum absolute atomic E-state index is 10.4. The molecule has 1 aliphatic carbocycles. The Morgan fingerprint density at radius 3 is 2.92 bits per heavy atom. The molecule has 2 aromatic rings. The van der Waals surface area contributed by atoms with Crippen LogP contribution in [0.25, 0.3) is 0 Å². The van der Waals surface area contributed by atoms with Crippen molar-refractivity contribution < 1.29 is 9.84 Å². The fourth-order valence-electron chi connectivity index (χ4n) is 3.95.